The fourth-order valence-corrected chi connectivity index (χ4v) is 1.53. The Morgan fingerprint density at radius 1 is 1.31 bits per heavy atom. The summed E-state index contributed by atoms with van der Waals surface area (Å²) in [5.41, 5.74) is 0.627. The van der Waals surface area contributed by atoms with Gasteiger partial charge in [0.1, 0.15) is 5.75 Å². The summed E-state index contributed by atoms with van der Waals surface area (Å²) in [6.45, 7) is 4.95. The van der Waals surface area contributed by atoms with Crippen LogP contribution in [0.15, 0.2) is 12.1 Å². The molecular formula is C12H13ClO3. The number of hydrogen-bond acceptors (Lipinski definition) is 3. The minimum atomic E-state index is -0.657. The maximum absolute atomic E-state index is 11.7. The lowest BCUT2D eigenvalue weighted by Crippen LogP contribution is -2.20. The van der Waals surface area contributed by atoms with Crippen molar-refractivity contribution >= 4 is 23.2 Å². The Labute approximate surface area is 99.0 Å². The lowest BCUT2D eigenvalue weighted by Gasteiger charge is -2.07. The number of phenolic OH excluding ortho intramolecular Hbond substituents is 1. The molecule has 86 valence electrons. The van der Waals surface area contributed by atoms with E-state index >= 15 is 0 Å². The van der Waals surface area contributed by atoms with E-state index in [0.717, 1.165) is 0 Å². The number of aryl methyl sites for hydroxylation is 1. The van der Waals surface area contributed by atoms with Gasteiger partial charge in [-0.3, -0.25) is 9.59 Å². The van der Waals surface area contributed by atoms with Crippen molar-refractivity contribution in [3.63, 3.8) is 0 Å². The van der Waals surface area contributed by atoms with Crippen molar-refractivity contribution < 1.29 is 14.7 Å². The van der Waals surface area contributed by atoms with E-state index in [2.05, 4.69) is 0 Å². The number of carbonyl (C=O) groups is 2. The second-order valence-electron chi connectivity index (χ2n) is 3.97. The predicted molar refractivity (Wildman–Crippen MR) is 62.0 cm³/mol. The highest BCUT2D eigenvalue weighted by Crippen LogP contribution is 2.26. The molecule has 0 saturated carbocycles. The number of rotatable bonds is 3. The van der Waals surface area contributed by atoms with Crippen molar-refractivity contribution in [2.45, 2.75) is 20.8 Å². The molecule has 0 aliphatic heterocycles. The molecule has 0 amide bonds. The Bertz CT molecular complexity index is 450. The van der Waals surface area contributed by atoms with Crippen LogP contribution in [0.2, 0.25) is 5.02 Å². The van der Waals surface area contributed by atoms with E-state index < -0.39 is 11.6 Å². The topological polar surface area (TPSA) is 54.4 Å². The minimum Gasteiger partial charge on any atom is -0.508 e. The number of halogens is 1. The van der Waals surface area contributed by atoms with Gasteiger partial charge in [-0.1, -0.05) is 25.4 Å². The number of Topliss-reactive ketones (excluding diaryl/α,β-unsaturated/α-hetero) is 2. The molecule has 1 aromatic rings. The van der Waals surface area contributed by atoms with Crippen LogP contribution in [-0.2, 0) is 4.79 Å². The molecule has 0 aromatic heterocycles. The molecule has 0 radical (unpaired) electrons. The number of carbonyl (C=O) groups excluding carboxylic acids is 2. The van der Waals surface area contributed by atoms with Crippen LogP contribution >= 0.6 is 11.6 Å². The van der Waals surface area contributed by atoms with Gasteiger partial charge < -0.3 is 5.11 Å². The van der Waals surface area contributed by atoms with Gasteiger partial charge in [0.15, 0.2) is 0 Å². The van der Waals surface area contributed by atoms with Crippen molar-refractivity contribution in [2.24, 2.45) is 5.92 Å². The molecule has 0 spiro atoms. The molecule has 0 unspecified atom stereocenters. The van der Waals surface area contributed by atoms with Gasteiger partial charge in [0.25, 0.3) is 0 Å². The lowest BCUT2D eigenvalue weighted by atomic mass is 9.98. The second kappa shape index (κ2) is 4.66. The minimum absolute atomic E-state index is 0.0377. The average molecular weight is 241 g/mol. The first-order valence-electron chi connectivity index (χ1n) is 4.92. The van der Waals surface area contributed by atoms with Crippen LogP contribution in [-0.4, -0.2) is 16.7 Å². The summed E-state index contributed by atoms with van der Waals surface area (Å²) in [5, 5.41) is 9.66. The smallest absolute Gasteiger partial charge is 0.230 e. The summed E-state index contributed by atoms with van der Waals surface area (Å²) < 4.78 is 0. The van der Waals surface area contributed by atoms with Crippen LogP contribution in [0.25, 0.3) is 0 Å². The Morgan fingerprint density at radius 3 is 2.38 bits per heavy atom. The Hall–Kier alpha value is -1.35. The van der Waals surface area contributed by atoms with Crippen molar-refractivity contribution in [2.75, 3.05) is 0 Å². The summed E-state index contributed by atoms with van der Waals surface area (Å²) in [6, 6.07) is 2.71. The van der Waals surface area contributed by atoms with Gasteiger partial charge in [0.2, 0.25) is 11.6 Å². The van der Waals surface area contributed by atoms with Crippen LogP contribution in [0.1, 0.15) is 29.8 Å². The van der Waals surface area contributed by atoms with Gasteiger partial charge in [0, 0.05) is 11.5 Å². The molecule has 4 heteroatoms. The first-order valence-corrected chi connectivity index (χ1v) is 5.30. The SMILES string of the molecule is Cc1cc(Cl)c(C(=O)C(=O)C(C)C)cc1O. The summed E-state index contributed by atoms with van der Waals surface area (Å²) in [7, 11) is 0. The zero-order chi connectivity index (χ0) is 12.5. The standard InChI is InChI=1S/C12H13ClO3/c1-6(2)11(15)12(16)8-5-10(14)7(3)4-9(8)13/h4-6,14H,1-3H3. The Morgan fingerprint density at radius 2 is 1.88 bits per heavy atom. The predicted octanol–water partition coefficient (Wildman–Crippen LogP) is 2.76. The largest absolute Gasteiger partial charge is 0.508 e. The zero-order valence-electron chi connectivity index (χ0n) is 9.37. The van der Waals surface area contributed by atoms with Gasteiger partial charge in [-0.05, 0) is 24.6 Å². The van der Waals surface area contributed by atoms with E-state index in [1.807, 2.05) is 0 Å². The van der Waals surface area contributed by atoms with Crippen LogP contribution in [0, 0.1) is 12.8 Å². The molecule has 16 heavy (non-hydrogen) atoms. The third kappa shape index (κ3) is 2.42. The molecule has 0 bridgehead atoms. The molecule has 1 N–H and O–H groups in total. The van der Waals surface area contributed by atoms with Crippen molar-refractivity contribution in [1.29, 1.82) is 0 Å². The van der Waals surface area contributed by atoms with Crippen LogP contribution in [0.5, 0.6) is 5.75 Å². The zero-order valence-corrected chi connectivity index (χ0v) is 10.1. The second-order valence-corrected chi connectivity index (χ2v) is 4.37. The average Bonchev–Trinajstić information content (AvgIpc) is 2.21. The van der Waals surface area contributed by atoms with E-state index in [1.54, 1.807) is 20.8 Å². The molecule has 0 aliphatic rings. The molecule has 0 fully saturated rings. The first-order chi connectivity index (χ1) is 7.34. The molecule has 3 nitrogen and oxygen atoms in total. The van der Waals surface area contributed by atoms with E-state index in [1.165, 1.54) is 12.1 Å². The van der Waals surface area contributed by atoms with Crippen LogP contribution < -0.4 is 0 Å². The number of ketones is 2. The van der Waals surface area contributed by atoms with Crippen molar-refractivity contribution in [3.8, 4) is 5.75 Å². The monoisotopic (exact) mass is 240 g/mol. The number of benzene rings is 1. The normalized spacial score (nSPS) is 10.6. The summed E-state index contributed by atoms with van der Waals surface area (Å²) in [6.07, 6.45) is 0. The van der Waals surface area contributed by atoms with Crippen molar-refractivity contribution in [3.05, 3.63) is 28.3 Å². The van der Waals surface area contributed by atoms with Gasteiger partial charge in [0.05, 0.1) is 5.02 Å². The molecule has 1 rings (SSSR count). The maximum atomic E-state index is 11.7. The third-order valence-corrected chi connectivity index (χ3v) is 2.59. The fraction of sp³-hybridized carbons (Fsp3) is 0.333. The number of aromatic hydroxyl groups is 1. The highest BCUT2D eigenvalue weighted by Gasteiger charge is 2.22. The summed E-state index contributed by atoms with van der Waals surface area (Å²) in [4.78, 5) is 23.2. The number of hydrogen-bond donors (Lipinski definition) is 1. The van der Waals surface area contributed by atoms with E-state index in [4.69, 9.17) is 11.6 Å². The van der Waals surface area contributed by atoms with Gasteiger partial charge in [-0.15, -0.1) is 0 Å². The number of phenols is 1. The molecule has 0 heterocycles. The van der Waals surface area contributed by atoms with Gasteiger partial charge >= 0.3 is 0 Å². The summed E-state index contributed by atoms with van der Waals surface area (Å²) in [5.74, 6) is -1.59. The van der Waals surface area contributed by atoms with Crippen LogP contribution in [0.3, 0.4) is 0 Å². The highest BCUT2D eigenvalue weighted by molar-refractivity contribution is 6.48. The van der Waals surface area contributed by atoms with Crippen LogP contribution in [0.4, 0.5) is 0 Å². The first kappa shape index (κ1) is 12.7. The molecular weight excluding hydrogens is 228 g/mol. The van der Waals surface area contributed by atoms with Crippen molar-refractivity contribution in [1.82, 2.24) is 0 Å². The molecule has 0 aliphatic carbocycles. The quantitative estimate of drug-likeness (QED) is 0.653. The molecule has 0 atom stereocenters. The fourth-order valence-electron chi connectivity index (χ4n) is 1.23. The highest BCUT2D eigenvalue weighted by atomic mass is 35.5. The van der Waals surface area contributed by atoms with E-state index in [9.17, 15) is 14.7 Å². The third-order valence-electron chi connectivity index (χ3n) is 2.28. The molecule has 0 saturated heterocycles. The summed E-state index contributed by atoms with van der Waals surface area (Å²) >= 11 is 5.86. The Kier molecular flexibility index (Phi) is 3.70. The van der Waals surface area contributed by atoms with E-state index in [0.29, 0.717) is 5.56 Å². The Balaban J connectivity index is 3.19. The van der Waals surface area contributed by atoms with Gasteiger partial charge in [-0.2, -0.15) is 0 Å². The van der Waals surface area contributed by atoms with Gasteiger partial charge in [-0.25, -0.2) is 0 Å². The lowest BCUT2D eigenvalue weighted by molar-refractivity contribution is -0.117. The van der Waals surface area contributed by atoms with E-state index in [-0.39, 0.29) is 22.3 Å². The maximum Gasteiger partial charge on any atom is 0.230 e. The molecule has 1 aromatic carbocycles.